The second-order valence-corrected chi connectivity index (χ2v) is 11.0. The van der Waals surface area contributed by atoms with Gasteiger partial charge in [-0.25, -0.2) is 0 Å². The van der Waals surface area contributed by atoms with Gasteiger partial charge in [-0.2, -0.15) is 0 Å². The number of aromatic nitrogens is 4. The molecule has 2 aromatic carbocycles. The molecule has 0 saturated carbocycles. The van der Waals surface area contributed by atoms with E-state index >= 15 is 0 Å². The molecule has 5 rings (SSSR count). The Balaban J connectivity index is 1.13. The van der Waals surface area contributed by atoms with Crippen molar-refractivity contribution in [3.63, 3.8) is 0 Å². The van der Waals surface area contributed by atoms with E-state index in [1.807, 2.05) is 0 Å². The third-order valence-electron chi connectivity index (χ3n) is 6.62. The van der Waals surface area contributed by atoms with Crippen molar-refractivity contribution in [1.82, 2.24) is 30.8 Å². The molecule has 0 spiro atoms. The minimum atomic E-state index is -0.734. The molecule has 13 nitrogen and oxygen atoms in total. The number of amides is 4. The van der Waals surface area contributed by atoms with Crippen molar-refractivity contribution in [2.24, 2.45) is 0 Å². The van der Waals surface area contributed by atoms with E-state index in [9.17, 15) is 19.2 Å². The summed E-state index contributed by atoms with van der Waals surface area (Å²) in [5.41, 5.74) is 2.61. The fraction of sp³-hybridized carbons (Fsp3) is 0.125. The molecule has 238 valence electrons. The van der Waals surface area contributed by atoms with Gasteiger partial charge >= 0.3 is 0 Å². The molecule has 0 aliphatic rings. The predicted molar refractivity (Wildman–Crippen MR) is 175 cm³/mol. The number of halogens is 2. The number of nitrogens with one attached hydrogen (secondary N) is 4. The monoisotopic (exact) mass is 672 g/mol. The van der Waals surface area contributed by atoms with E-state index in [1.165, 1.54) is 36.7 Å². The number of nitrogens with zero attached hydrogens (tertiary/aromatic N) is 4. The minimum absolute atomic E-state index is 0.0336. The first-order valence-corrected chi connectivity index (χ1v) is 14.8. The van der Waals surface area contributed by atoms with E-state index in [1.54, 1.807) is 62.4 Å². The maximum Gasteiger partial charge on any atom is 0.276 e. The van der Waals surface area contributed by atoms with Crippen LogP contribution in [-0.4, -0.2) is 55.9 Å². The molecule has 0 saturated heterocycles. The Labute approximate surface area is 278 Å². The number of benzene rings is 2. The zero-order valence-electron chi connectivity index (χ0n) is 24.8. The third kappa shape index (κ3) is 8.54. The van der Waals surface area contributed by atoms with Crippen LogP contribution in [0.3, 0.4) is 0 Å². The van der Waals surface area contributed by atoms with Gasteiger partial charge in [0, 0.05) is 44.9 Å². The van der Waals surface area contributed by atoms with Crippen LogP contribution in [0.15, 0.2) is 89.6 Å². The number of imide groups is 2. The van der Waals surface area contributed by atoms with Crippen molar-refractivity contribution >= 4 is 58.2 Å². The van der Waals surface area contributed by atoms with Gasteiger partial charge in [-0.1, -0.05) is 23.2 Å². The number of rotatable bonds is 10. The van der Waals surface area contributed by atoms with Crippen LogP contribution in [0.25, 0.3) is 22.9 Å². The summed E-state index contributed by atoms with van der Waals surface area (Å²) in [7, 11) is 0. The fourth-order valence-electron chi connectivity index (χ4n) is 4.13. The molecular formula is C32H26Cl2N8O5. The molecule has 0 bridgehead atoms. The van der Waals surface area contributed by atoms with Crippen molar-refractivity contribution in [1.29, 1.82) is 0 Å². The van der Waals surface area contributed by atoms with Crippen LogP contribution in [0, 0.1) is 0 Å². The lowest BCUT2D eigenvalue weighted by atomic mass is 10.2. The zero-order valence-corrected chi connectivity index (χ0v) is 26.3. The van der Waals surface area contributed by atoms with E-state index in [2.05, 4.69) is 41.4 Å². The first-order valence-electron chi connectivity index (χ1n) is 14.1. The Kier molecular flexibility index (Phi) is 10.2. The zero-order chi connectivity index (χ0) is 33.5. The van der Waals surface area contributed by atoms with E-state index in [0.717, 1.165) is 0 Å². The summed E-state index contributed by atoms with van der Waals surface area (Å²) in [5, 5.41) is 19.6. The van der Waals surface area contributed by atoms with Crippen molar-refractivity contribution in [2.75, 3.05) is 10.6 Å². The van der Waals surface area contributed by atoms with Gasteiger partial charge in [-0.3, -0.25) is 39.8 Å². The average Bonchev–Trinajstić information content (AvgIpc) is 3.56. The Bertz CT molecular complexity index is 1800. The van der Waals surface area contributed by atoms with E-state index < -0.39 is 35.7 Å². The highest BCUT2D eigenvalue weighted by Crippen LogP contribution is 2.26. The number of carbonyl (C=O) groups excluding carboxylic acids is 4. The largest absolute Gasteiger partial charge is 0.416 e. The van der Waals surface area contributed by atoms with Gasteiger partial charge in [0.2, 0.25) is 23.6 Å². The van der Waals surface area contributed by atoms with Crippen LogP contribution in [0.5, 0.6) is 0 Å². The molecule has 47 heavy (non-hydrogen) atoms. The summed E-state index contributed by atoms with van der Waals surface area (Å²) in [6, 6.07) is 18.3. The van der Waals surface area contributed by atoms with Gasteiger partial charge < -0.3 is 15.1 Å². The summed E-state index contributed by atoms with van der Waals surface area (Å²) in [4.78, 5) is 57.5. The quantitative estimate of drug-likeness (QED) is 0.156. The Morgan fingerprint density at radius 3 is 1.36 bits per heavy atom. The summed E-state index contributed by atoms with van der Waals surface area (Å²) < 4.78 is 5.87. The molecule has 0 unspecified atom stereocenters. The molecule has 0 fully saturated rings. The van der Waals surface area contributed by atoms with Crippen LogP contribution in [-0.2, 0) is 9.59 Å². The molecular weight excluding hydrogens is 647 g/mol. The fourth-order valence-corrected chi connectivity index (χ4v) is 4.45. The van der Waals surface area contributed by atoms with Gasteiger partial charge in [0.05, 0.1) is 0 Å². The highest BCUT2D eigenvalue weighted by molar-refractivity contribution is 6.31. The number of pyridine rings is 2. The first-order chi connectivity index (χ1) is 22.5. The molecule has 0 aliphatic carbocycles. The number of hydrogen-bond acceptors (Lipinski definition) is 11. The summed E-state index contributed by atoms with van der Waals surface area (Å²) >= 11 is 11.8. The molecule has 4 N–H and O–H groups in total. The van der Waals surface area contributed by atoms with Crippen molar-refractivity contribution in [3.8, 4) is 22.9 Å². The normalized spacial score (nSPS) is 12.0. The summed E-state index contributed by atoms with van der Waals surface area (Å²) in [6.45, 7) is 3.23. The van der Waals surface area contributed by atoms with Crippen molar-refractivity contribution < 1.29 is 23.6 Å². The second kappa shape index (κ2) is 14.6. The van der Waals surface area contributed by atoms with Gasteiger partial charge in [-0.05, 0) is 86.6 Å². The molecule has 15 heteroatoms. The average molecular weight is 674 g/mol. The van der Waals surface area contributed by atoms with Gasteiger partial charge in [0.1, 0.15) is 23.5 Å². The molecule has 0 aliphatic heterocycles. The lowest BCUT2D eigenvalue weighted by Gasteiger charge is -2.15. The maximum absolute atomic E-state index is 12.5. The first kappa shape index (κ1) is 32.7. The Hall–Kier alpha value is -5.66. The number of hydrogen-bond donors (Lipinski definition) is 4. The Morgan fingerprint density at radius 2 is 1.00 bits per heavy atom. The van der Waals surface area contributed by atoms with Gasteiger partial charge in [0.25, 0.3) is 11.8 Å². The molecule has 4 amide bonds. The van der Waals surface area contributed by atoms with Crippen LogP contribution in [0.2, 0.25) is 10.0 Å². The second-order valence-electron chi connectivity index (χ2n) is 10.2. The molecule has 5 aromatic rings. The van der Waals surface area contributed by atoms with Crippen LogP contribution in [0.4, 0.5) is 11.4 Å². The van der Waals surface area contributed by atoms with Crippen LogP contribution >= 0.6 is 23.2 Å². The van der Waals surface area contributed by atoms with Gasteiger partial charge in [0.15, 0.2) is 0 Å². The summed E-state index contributed by atoms with van der Waals surface area (Å²) in [5.74, 6) is -1.83. The minimum Gasteiger partial charge on any atom is -0.416 e. The molecule has 3 aromatic heterocycles. The highest BCUT2D eigenvalue weighted by atomic mass is 35.5. The van der Waals surface area contributed by atoms with Crippen molar-refractivity contribution in [3.05, 3.63) is 107 Å². The highest BCUT2D eigenvalue weighted by Gasteiger charge is 2.20. The van der Waals surface area contributed by atoms with E-state index in [0.29, 0.717) is 32.5 Å². The Morgan fingerprint density at radius 1 is 0.617 bits per heavy atom. The lowest BCUT2D eigenvalue weighted by Crippen LogP contribution is -2.41. The molecule has 3 heterocycles. The smallest absolute Gasteiger partial charge is 0.276 e. The number of anilines is 2. The lowest BCUT2D eigenvalue weighted by molar-refractivity contribution is -0.121. The van der Waals surface area contributed by atoms with Crippen LogP contribution < -0.4 is 21.3 Å². The standard InChI is InChI=1S/C32H26Cl2N8O5/c1-17(27(43)39-29(45)25-15-21(33)11-13-35-25)37-23-7-3-19(4-8-23)31-41-42-32(47-31)20-5-9-24(10-6-20)38-18(2)28(44)40-30(46)26-16-22(34)12-14-36-26/h3-18,37-38H,1-2H3,(H,39,43,45)(H,40,44,46)/t17-,18-/m0/s1. The SMILES string of the molecule is C[C@H](Nc1ccc(-c2nnc(-c3ccc(N[C@@H](C)C(=O)NC(=O)c4cc(Cl)ccn4)cc3)o2)cc1)C(=O)NC(=O)c1cc(Cl)ccn1. The molecule has 0 radical (unpaired) electrons. The van der Waals surface area contributed by atoms with E-state index in [4.69, 9.17) is 27.6 Å². The summed E-state index contributed by atoms with van der Waals surface area (Å²) in [6.07, 6.45) is 2.76. The predicted octanol–water partition coefficient (Wildman–Crippen LogP) is 5.01. The molecule has 2 atom stereocenters. The number of carbonyl (C=O) groups is 4. The van der Waals surface area contributed by atoms with Gasteiger partial charge in [-0.15, -0.1) is 10.2 Å². The third-order valence-corrected chi connectivity index (χ3v) is 7.09. The van der Waals surface area contributed by atoms with Crippen molar-refractivity contribution in [2.45, 2.75) is 25.9 Å². The maximum atomic E-state index is 12.5. The van der Waals surface area contributed by atoms with Crippen LogP contribution in [0.1, 0.15) is 34.8 Å². The van der Waals surface area contributed by atoms with E-state index in [-0.39, 0.29) is 23.2 Å². The topological polar surface area (TPSA) is 181 Å².